The molecule has 0 atom stereocenters. The highest BCUT2D eigenvalue weighted by molar-refractivity contribution is 5.95. The first kappa shape index (κ1) is 19.1. The van der Waals surface area contributed by atoms with Crippen molar-refractivity contribution in [3.8, 4) is 11.5 Å². The van der Waals surface area contributed by atoms with E-state index in [0.29, 0.717) is 23.7 Å². The van der Waals surface area contributed by atoms with Crippen molar-refractivity contribution < 1.29 is 14.3 Å². The molecule has 6 nitrogen and oxygen atoms in total. The van der Waals surface area contributed by atoms with Crippen molar-refractivity contribution >= 4 is 17.5 Å². The van der Waals surface area contributed by atoms with E-state index in [9.17, 15) is 9.59 Å². The summed E-state index contributed by atoms with van der Waals surface area (Å²) in [7, 11) is 0. The second-order valence-electron chi connectivity index (χ2n) is 6.19. The molecule has 28 heavy (non-hydrogen) atoms. The molecule has 2 aromatic carbocycles. The number of hydrogen-bond donors (Lipinski definition) is 1. The lowest BCUT2D eigenvalue weighted by Crippen LogP contribution is -2.36. The van der Waals surface area contributed by atoms with Crippen LogP contribution in [0, 0.1) is 0 Å². The highest BCUT2D eigenvalue weighted by atomic mass is 16.5. The van der Waals surface area contributed by atoms with Crippen LogP contribution >= 0.6 is 0 Å². The van der Waals surface area contributed by atoms with E-state index >= 15 is 0 Å². The van der Waals surface area contributed by atoms with Crippen molar-refractivity contribution in [1.29, 1.82) is 0 Å². The number of ether oxygens (including phenoxy) is 1. The summed E-state index contributed by atoms with van der Waals surface area (Å²) in [4.78, 5) is 29.9. The van der Waals surface area contributed by atoms with Crippen LogP contribution in [0.25, 0.3) is 0 Å². The van der Waals surface area contributed by atoms with Crippen molar-refractivity contribution in [1.82, 2.24) is 9.88 Å². The summed E-state index contributed by atoms with van der Waals surface area (Å²) in [5, 5.41) is 2.83. The molecule has 0 spiro atoms. The predicted molar refractivity (Wildman–Crippen MR) is 107 cm³/mol. The number of anilines is 1. The van der Waals surface area contributed by atoms with Gasteiger partial charge in [0.1, 0.15) is 12.3 Å². The summed E-state index contributed by atoms with van der Waals surface area (Å²) in [6, 6.07) is 20.1. The SMILES string of the molecule is CC(=O)N(CC(=O)Nc1ccccc1Oc1ccccc1)Cc1ccncc1. The average molecular weight is 375 g/mol. The van der Waals surface area contributed by atoms with Crippen molar-refractivity contribution in [2.75, 3.05) is 11.9 Å². The van der Waals surface area contributed by atoms with Crippen molar-refractivity contribution in [3.05, 3.63) is 84.7 Å². The first-order chi connectivity index (χ1) is 13.6. The molecule has 0 saturated carbocycles. The smallest absolute Gasteiger partial charge is 0.244 e. The van der Waals surface area contributed by atoms with Crippen LogP contribution in [-0.4, -0.2) is 28.2 Å². The van der Waals surface area contributed by atoms with E-state index in [4.69, 9.17) is 4.74 Å². The largest absolute Gasteiger partial charge is 0.455 e. The molecule has 0 fully saturated rings. The van der Waals surface area contributed by atoms with E-state index in [-0.39, 0.29) is 18.4 Å². The van der Waals surface area contributed by atoms with Gasteiger partial charge in [0.25, 0.3) is 0 Å². The minimum absolute atomic E-state index is 0.0582. The Labute approximate surface area is 163 Å². The van der Waals surface area contributed by atoms with Crippen LogP contribution in [0.2, 0.25) is 0 Å². The third kappa shape index (κ3) is 5.41. The highest BCUT2D eigenvalue weighted by Crippen LogP contribution is 2.29. The molecule has 3 rings (SSSR count). The summed E-state index contributed by atoms with van der Waals surface area (Å²) in [6.45, 7) is 1.73. The van der Waals surface area contributed by atoms with Crippen LogP contribution in [0.4, 0.5) is 5.69 Å². The molecule has 0 saturated heterocycles. The van der Waals surface area contributed by atoms with Gasteiger partial charge >= 0.3 is 0 Å². The summed E-state index contributed by atoms with van der Waals surface area (Å²) >= 11 is 0. The second-order valence-corrected chi connectivity index (χ2v) is 6.19. The van der Waals surface area contributed by atoms with E-state index < -0.39 is 0 Å². The third-order valence-corrected chi connectivity index (χ3v) is 4.03. The molecule has 1 N–H and O–H groups in total. The lowest BCUT2D eigenvalue weighted by atomic mass is 10.2. The maximum atomic E-state index is 12.5. The fourth-order valence-corrected chi connectivity index (χ4v) is 2.62. The zero-order chi connectivity index (χ0) is 19.8. The van der Waals surface area contributed by atoms with Crippen molar-refractivity contribution in [3.63, 3.8) is 0 Å². The Bertz CT molecular complexity index is 930. The Balaban J connectivity index is 1.67. The lowest BCUT2D eigenvalue weighted by molar-refractivity contribution is -0.133. The Kier molecular flexibility index (Phi) is 6.36. The van der Waals surface area contributed by atoms with Gasteiger partial charge in [0, 0.05) is 25.9 Å². The zero-order valence-corrected chi connectivity index (χ0v) is 15.5. The number of nitrogens with one attached hydrogen (secondary N) is 1. The number of pyridine rings is 1. The molecule has 6 heteroatoms. The number of nitrogens with zero attached hydrogens (tertiary/aromatic N) is 2. The van der Waals surface area contributed by atoms with Gasteiger partial charge in [-0.25, -0.2) is 0 Å². The molecule has 3 aromatic rings. The fourth-order valence-electron chi connectivity index (χ4n) is 2.62. The standard InChI is InChI=1S/C22H21N3O3/c1-17(26)25(15-18-11-13-23-14-12-18)16-22(27)24-20-9-5-6-10-21(20)28-19-7-3-2-4-8-19/h2-14H,15-16H2,1H3,(H,24,27). The molecule has 1 heterocycles. The number of carbonyl (C=O) groups is 2. The van der Waals surface area contributed by atoms with Gasteiger partial charge in [-0.1, -0.05) is 30.3 Å². The van der Waals surface area contributed by atoms with Crippen LogP contribution in [0.3, 0.4) is 0 Å². The van der Waals surface area contributed by atoms with Gasteiger partial charge in [-0.05, 0) is 42.0 Å². The highest BCUT2D eigenvalue weighted by Gasteiger charge is 2.16. The molecular formula is C22H21N3O3. The Hall–Kier alpha value is -3.67. The van der Waals surface area contributed by atoms with Gasteiger partial charge in [-0.3, -0.25) is 14.6 Å². The van der Waals surface area contributed by atoms with Gasteiger partial charge in [0.15, 0.2) is 5.75 Å². The number of aromatic nitrogens is 1. The van der Waals surface area contributed by atoms with Crippen LogP contribution in [-0.2, 0) is 16.1 Å². The van der Waals surface area contributed by atoms with Crippen molar-refractivity contribution in [2.45, 2.75) is 13.5 Å². The number of amides is 2. The van der Waals surface area contributed by atoms with Crippen LogP contribution in [0.1, 0.15) is 12.5 Å². The van der Waals surface area contributed by atoms with Crippen LogP contribution in [0.15, 0.2) is 79.1 Å². The van der Waals surface area contributed by atoms with Gasteiger partial charge in [0.2, 0.25) is 11.8 Å². The lowest BCUT2D eigenvalue weighted by Gasteiger charge is -2.21. The number of hydrogen-bond acceptors (Lipinski definition) is 4. The summed E-state index contributed by atoms with van der Waals surface area (Å²) < 4.78 is 5.86. The van der Waals surface area contributed by atoms with Crippen molar-refractivity contribution in [2.24, 2.45) is 0 Å². The molecule has 142 valence electrons. The normalized spacial score (nSPS) is 10.2. The minimum Gasteiger partial charge on any atom is -0.455 e. The molecule has 0 aliphatic carbocycles. The second kappa shape index (κ2) is 9.32. The summed E-state index contributed by atoms with van der Waals surface area (Å²) in [5.41, 5.74) is 1.45. The number of rotatable bonds is 7. The maximum absolute atomic E-state index is 12.5. The van der Waals surface area contributed by atoms with E-state index in [0.717, 1.165) is 5.56 Å². The third-order valence-electron chi connectivity index (χ3n) is 4.03. The average Bonchev–Trinajstić information content (AvgIpc) is 2.70. The maximum Gasteiger partial charge on any atom is 0.244 e. The molecule has 0 radical (unpaired) electrons. The first-order valence-corrected chi connectivity index (χ1v) is 8.88. The first-order valence-electron chi connectivity index (χ1n) is 8.88. The van der Waals surface area contributed by atoms with E-state index in [1.165, 1.54) is 11.8 Å². The Morgan fingerprint density at radius 1 is 0.964 bits per heavy atom. The predicted octanol–water partition coefficient (Wildman–Crippen LogP) is 3.86. The Morgan fingerprint density at radius 2 is 1.64 bits per heavy atom. The minimum atomic E-state index is -0.298. The van der Waals surface area contributed by atoms with E-state index in [2.05, 4.69) is 10.3 Å². The molecule has 0 aliphatic heterocycles. The quantitative estimate of drug-likeness (QED) is 0.681. The monoisotopic (exact) mass is 375 g/mol. The van der Waals surface area contributed by atoms with Crippen LogP contribution in [0.5, 0.6) is 11.5 Å². The summed E-state index contributed by atoms with van der Waals surface area (Å²) in [5.74, 6) is 0.729. The molecule has 0 aliphatic rings. The number of carbonyl (C=O) groups excluding carboxylic acids is 2. The van der Waals surface area contributed by atoms with Gasteiger partial charge < -0.3 is 15.0 Å². The topological polar surface area (TPSA) is 71.5 Å². The molecule has 0 bridgehead atoms. The van der Waals surface area contributed by atoms with Crippen LogP contribution < -0.4 is 10.1 Å². The Morgan fingerprint density at radius 3 is 2.36 bits per heavy atom. The van der Waals surface area contributed by atoms with Gasteiger partial charge in [-0.15, -0.1) is 0 Å². The fraction of sp³-hybridized carbons (Fsp3) is 0.136. The molecule has 1 aromatic heterocycles. The zero-order valence-electron chi connectivity index (χ0n) is 15.5. The molecule has 2 amide bonds. The molecular weight excluding hydrogens is 354 g/mol. The number of para-hydroxylation sites is 3. The van der Waals surface area contributed by atoms with E-state index in [1.807, 2.05) is 54.6 Å². The number of benzene rings is 2. The van der Waals surface area contributed by atoms with Gasteiger partial charge in [0.05, 0.1) is 5.69 Å². The van der Waals surface area contributed by atoms with E-state index in [1.54, 1.807) is 24.5 Å². The summed E-state index contributed by atoms with van der Waals surface area (Å²) in [6.07, 6.45) is 3.32. The van der Waals surface area contributed by atoms with Gasteiger partial charge in [-0.2, -0.15) is 0 Å². The molecule has 0 unspecified atom stereocenters.